The first-order chi connectivity index (χ1) is 10.2. The minimum Gasteiger partial charge on any atom is -0.490 e. The number of aliphatic hydroxyl groups excluding tert-OH is 1. The average Bonchev–Trinajstić information content (AvgIpc) is 2.83. The van der Waals surface area contributed by atoms with E-state index in [1.165, 1.54) is 0 Å². The van der Waals surface area contributed by atoms with Crippen molar-refractivity contribution in [1.82, 2.24) is 9.55 Å². The molecule has 5 nitrogen and oxygen atoms in total. The highest BCUT2D eigenvalue weighted by Crippen LogP contribution is 2.40. The number of halogens is 1. The van der Waals surface area contributed by atoms with Gasteiger partial charge in [0.25, 0.3) is 0 Å². The van der Waals surface area contributed by atoms with Gasteiger partial charge in [-0.1, -0.05) is 0 Å². The van der Waals surface area contributed by atoms with Crippen molar-refractivity contribution in [2.24, 2.45) is 0 Å². The summed E-state index contributed by atoms with van der Waals surface area (Å²) in [7, 11) is 0. The van der Waals surface area contributed by atoms with Gasteiger partial charge in [0.1, 0.15) is 11.9 Å². The van der Waals surface area contributed by atoms with Crippen LogP contribution in [0.4, 0.5) is 0 Å². The molecule has 6 heteroatoms. The van der Waals surface area contributed by atoms with Gasteiger partial charge in [0.2, 0.25) is 0 Å². The first kappa shape index (κ1) is 14.4. The second kappa shape index (κ2) is 6.07. The van der Waals surface area contributed by atoms with Crippen molar-refractivity contribution >= 4 is 15.9 Å². The minimum atomic E-state index is -0.798. The van der Waals surface area contributed by atoms with Gasteiger partial charge in [-0.25, -0.2) is 4.98 Å². The van der Waals surface area contributed by atoms with Crippen LogP contribution in [0.5, 0.6) is 11.5 Å². The fourth-order valence-electron chi connectivity index (χ4n) is 2.39. The molecule has 112 valence electrons. The largest absolute Gasteiger partial charge is 0.490 e. The lowest BCUT2D eigenvalue weighted by molar-refractivity contribution is 0.204. The number of fused-ring (bicyclic) bond motifs is 1. The predicted molar refractivity (Wildman–Crippen MR) is 81.7 cm³/mol. The summed E-state index contributed by atoms with van der Waals surface area (Å²) in [5.74, 6) is 1.98. The lowest BCUT2D eigenvalue weighted by Crippen LogP contribution is -2.09. The first-order valence-electron chi connectivity index (χ1n) is 6.99. The number of aromatic nitrogens is 2. The van der Waals surface area contributed by atoms with E-state index in [1.54, 1.807) is 6.20 Å². The molecule has 1 aromatic carbocycles. The van der Waals surface area contributed by atoms with Gasteiger partial charge in [-0.2, -0.15) is 0 Å². The van der Waals surface area contributed by atoms with E-state index < -0.39 is 6.10 Å². The highest BCUT2D eigenvalue weighted by atomic mass is 79.9. The van der Waals surface area contributed by atoms with Crippen LogP contribution in [0.25, 0.3) is 0 Å². The summed E-state index contributed by atoms with van der Waals surface area (Å²) < 4.78 is 14.1. The molecule has 1 atom stereocenters. The van der Waals surface area contributed by atoms with Crippen molar-refractivity contribution in [1.29, 1.82) is 0 Å². The molecule has 21 heavy (non-hydrogen) atoms. The van der Waals surface area contributed by atoms with Crippen molar-refractivity contribution < 1.29 is 14.6 Å². The van der Waals surface area contributed by atoms with Crippen molar-refractivity contribution in [3.05, 3.63) is 40.4 Å². The maximum Gasteiger partial charge on any atom is 0.175 e. The molecule has 0 fully saturated rings. The number of hydrogen-bond acceptors (Lipinski definition) is 4. The summed E-state index contributed by atoms with van der Waals surface area (Å²) in [6, 6.07) is 3.68. The summed E-state index contributed by atoms with van der Waals surface area (Å²) in [6.45, 7) is 4.02. The van der Waals surface area contributed by atoms with Crippen LogP contribution in [-0.2, 0) is 6.54 Å². The lowest BCUT2D eigenvalue weighted by atomic mass is 10.1. The van der Waals surface area contributed by atoms with Gasteiger partial charge in [0.15, 0.2) is 11.5 Å². The predicted octanol–water partition coefficient (Wildman–Crippen LogP) is 2.91. The molecule has 2 aromatic rings. The normalized spacial score (nSPS) is 15.6. The van der Waals surface area contributed by atoms with Crippen molar-refractivity contribution in [2.45, 2.75) is 26.0 Å². The number of benzene rings is 1. The average molecular weight is 353 g/mol. The second-order valence-electron chi connectivity index (χ2n) is 4.85. The summed E-state index contributed by atoms with van der Waals surface area (Å²) in [5.41, 5.74) is 0.729. The standard InChI is InChI=1S/C15H17BrN2O3/c1-2-18-5-4-17-15(18)13(19)10-8-11(16)14-12(9-10)20-6-3-7-21-14/h4-5,8-9,13,19H,2-3,6-7H2,1H3. The zero-order chi connectivity index (χ0) is 14.8. The molecule has 1 aromatic heterocycles. The van der Waals surface area contributed by atoms with E-state index in [0.29, 0.717) is 30.5 Å². The Morgan fingerprint density at radius 3 is 3.00 bits per heavy atom. The Bertz CT molecular complexity index is 642. The van der Waals surface area contributed by atoms with Crippen molar-refractivity contribution in [2.75, 3.05) is 13.2 Å². The number of ether oxygens (including phenoxy) is 2. The Morgan fingerprint density at radius 2 is 2.19 bits per heavy atom. The van der Waals surface area contributed by atoms with E-state index in [-0.39, 0.29) is 0 Å². The molecule has 0 bridgehead atoms. The number of imidazole rings is 1. The van der Waals surface area contributed by atoms with Gasteiger partial charge in [-0.15, -0.1) is 0 Å². The fourth-order valence-corrected chi connectivity index (χ4v) is 2.97. The molecule has 0 saturated carbocycles. The summed E-state index contributed by atoms with van der Waals surface area (Å²) in [4.78, 5) is 4.25. The van der Waals surface area contributed by atoms with E-state index in [9.17, 15) is 5.11 Å². The van der Waals surface area contributed by atoms with Gasteiger partial charge < -0.3 is 19.1 Å². The molecule has 0 spiro atoms. The van der Waals surface area contributed by atoms with Crippen LogP contribution >= 0.6 is 15.9 Å². The second-order valence-corrected chi connectivity index (χ2v) is 5.71. The van der Waals surface area contributed by atoms with Crippen LogP contribution < -0.4 is 9.47 Å². The number of rotatable bonds is 3. The third kappa shape index (κ3) is 2.78. The SMILES string of the molecule is CCn1ccnc1C(O)c1cc(Br)c2c(c1)OCCCO2. The molecule has 0 aliphatic carbocycles. The molecular formula is C15H17BrN2O3. The molecule has 0 amide bonds. The highest BCUT2D eigenvalue weighted by molar-refractivity contribution is 9.10. The van der Waals surface area contributed by atoms with Crippen LogP contribution in [0, 0.1) is 0 Å². The number of aliphatic hydroxyl groups is 1. The lowest BCUT2D eigenvalue weighted by Gasteiger charge is -2.16. The minimum absolute atomic E-state index is 0.614. The topological polar surface area (TPSA) is 56.5 Å². The van der Waals surface area contributed by atoms with Gasteiger partial charge in [-0.3, -0.25) is 0 Å². The maximum absolute atomic E-state index is 10.6. The van der Waals surface area contributed by atoms with E-state index in [2.05, 4.69) is 20.9 Å². The van der Waals surface area contributed by atoms with Gasteiger partial charge in [-0.05, 0) is 40.5 Å². The van der Waals surface area contributed by atoms with E-state index in [1.807, 2.05) is 29.8 Å². The van der Waals surface area contributed by atoms with Crippen LogP contribution in [-0.4, -0.2) is 27.9 Å². The van der Waals surface area contributed by atoms with Gasteiger partial charge >= 0.3 is 0 Å². The molecule has 1 N–H and O–H groups in total. The summed E-state index contributed by atoms with van der Waals surface area (Å²) in [6.07, 6.45) is 3.60. The Labute approximate surface area is 131 Å². The fraction of sp³-hybridized carbons (Fsp3) is 0.400. The highest BCUT2D eigenvalue weighted by Gasteiger charge is 2.21. The summed E-state index contributed by atoms with van der Waals surface area (Å²) >= 11 is 3.49. The van der Waals surface area contributed by atoms with Gasteiger partial charge in [0.05, 0.1) is 17.7 Å². The molecule has 3 rings (SSSR count). The molecule has 1 aliphatic heterocycles. The smallest absolute Gasteiger partial charge is 0.175 e. The Kier molecular flexibility index (Phi) is 4.17. The van der Waals surface area contributed by atoms with Crippen LogP contribution in [0.3, 0.4) is 0 Å². The molecule has 0 saturated heterocycles. The quantitative estimate of drug-likeness (QED) is 0.922. The monoisotopic (exact) mass is 352 g/mol. The van der Waals surface area contributed by atoms with E-state index in [4.69, 9.17) is 9.47 Å². The van der Waals surface area contributed by atoms with Crippen LogP contribution in [0.1, 0.15) is 30.8 Å². The number of nitrogens with zero attached hydrogens (tertiary/aromatic N) is 2. The Balaban J connectivity index is 1.99. The molecule has 1 unspecified atom stereocenters. The third-order valence-corrected chi connectivity index (χ3v) is 4.06. The molecule has 2 heterocycles. The van der Waals surface area contributed by atoms with Crippen molar-refractivity contribution in [3.63, 3.8) is 0 Å². The Morgan fingerprint density at radius 1 is 1.38 bits per heavy atom. The van der Waals surface area contributed by atoms with Crippen LogP contribution in [0.15, 0.2) is 29.0 Å². The van der Waals surface area contributed by atoms with Crippen LogP contribution in [0.2, 0.25) is 0 Å². The van der Waals surface area contributed by atoms with E-state index >= 15 is 0 Å². The maximum atomic E-state index is 10.6. The first-order valence-corrected chi connectivity index (χ1v) is 7.78. The van der Waals surface area contributed by atoms with Crippen molar-refractivity contribution in [3.8, 4) is 11.5 Å². The molecular weight excluding hydrogens is 336 g/mol. The zero-order valence-corrected chi connectivity index (χ0v) is 13.3. The number of hydrogen-bond donors (Lipinski definition) is 1. The van der Waals surface area contributed by atoms with E-state index in [0.717, 1.165) is 23.0 Å². The molecule has 1 aliphatic rings. The Hall–Kier alpha value is -1.53. The van der Waals surface area contributed by atoms with Gasteiger partial charge in [0, 0.05) is 25.4 Å². The number of aryl methyl sites for hydroxylation is 1. The summed E-state index contributed by atoms with van der Waals surface area (Å²) in [5, 5.41) is 10.6. The third-order valence-electron chi connectivity index (χ3n) is 3.47. The molecule has 0 radical (unpaired) electrons. The zero-order valence-electron chi connectivity index (χ0n) is 11.8.